The maximum absolute atomic E-state index is 12.6. The number of nitriles is 1. The van der Waals surface area contributed by atoms with Crippen molar-refractivity contribution in [1.82, 2.24) is 9.88 Å². The minimum atomic E-state index is -0.116. The zero-order valence-electron chi connectivity index (χ0n) is 12.7. The van der Waals surface area contributed by atoms with E-state index in [2.05, 4.69) is 16.0 Å². The Labute approximate surface area is 150 Å². The second kappa shape index (κ2) is 7.08. The Bertz CT molecular complexity index is 790. The predicted molar refractivity (Wildman–Crippen MR) is 93.5 cm³/mol. The summed E-state index contributed by atoms with van der Waals surface area (Å²) in [4.78, 5) is 20.3. The van der Waals surface area contributed by atoms with E-state index in [1.165, 1.54) is 12.1 Å². The molecule has 7 heteroatoms. The molecule has 1 aliphatic rings. The van der Waals surface area contributed by atoms with Crippen molar-refractivity contribution in [3.63, 3.8) is 0 Å². The smallest absolute Gasteiger partial charge is 0.254 e. The lowest BCUT2D eigenvalue weighted by molar-refractivity contribution is 0.0746. The number of nitrogens with zero attached hydrogens (tertiary/aromatic N) is 4. The van der Waals surface area contributed by atoms with E-state index in [1.54, 1.807) is 11.0 Å². The third-order valence-electron chi connectivity index (χ3n) is 3.94. The number of halogens is 2. The third-order valence-corrected chi connectivity index (χ3v) is 4.33. The molecule has 0 radical (unpaired) electrons. The van der Waals surface area contributed by atoms with Crippen molar-refractivity contribution in [2.24, 2.45) is 0 Å². The Morgan fingerprint density at radius 2 is 1.71 bits per heavy atom. The molecule has 0 unspecified atom stereocenters. The number of amides is 1. The Balaban J connectivity index is 1.71. The zero-order chi connectivity index (χ0) is 17.1. The van der Waals surface area contributed by atoms with Crippen LogP contribution in [0.3, 0.4) is 0 Å². The largest absolute Gasteiger partial charge is 0.367 e. The number of anilines is 1. The third kappa shape index (κ3) is 3.45. The highest BCUT2D eigenvalue weighted by molar-refractivity contribution is 6.33. The summed E-state index contributed by atoms with van der Waals surface area (Å²) in [5.74, 6) is -0.116. The number of carbonyl (C=O) groups excluding carboxylic acids is 1. The average molecular weight is 361 g/mol. The van der Waals surface area contributed by atoms with Crippen LogP contribution in [-0.4, -0.2) is 42.0 Å². The SMILES string of the molecule is N#Cc1ccccc1N1CCN(C(=O)c2cc(Cl)nc(Cl)c2)CC1. The molecule has 24 heavy (non-hydrogen) atoms. The van der Waals surface area contributed by atoms with Gasteiger partial charge in [0.05, 0.1) is 11.3 Å². The van der Waals surface area contributed by atoms with Gasteiger partial charge in [0.25, 0.3) is 5.91 Å². The summed E-state index contributed by atoms with van der Waals surface area (Å²) in [6, 6.07) is 12.7. The van der Waals surface area contributed by atoms with Crippen LogP contribution in [0.25, 0.3) is 0 Å². The number of benzene rings is 1. The number of piperazine rings is 1. The molecule has 0 N–H and O–H groups in total. The van der Waals surface area contributed by atoms with Crippen molar-refractivity contribution in [1.29, 1.82) is 5.26 Å². The molecular weight excluding hydrogens is 347 g/mol. The van der Waals surface area contributed by atoms with Gasteiger partial charge in [-0.3, -0.25) is 4.79 Å². The number of carbonyl (C=O) groups is 1. The van der Waals surface area contributed by atoms with Crippen LogP contribution in [-0.2, 0) is 0 Å². The standard InChI is InChI=1S/C17H14Cl2N4O/c18-15-9-13(10-16(19)21-15)17(24)23-7-5-22(6-8-23)14-4-2-1-3-12(14)11-20/h1-4,9-10H,5-8H2. The Morgan fingerprint density at radius 1 is 1.08 bits per heavy atom. The summed E-state index contributed by atoms with van der Waals surface area (Å²) in [7, 11) is 0. The van der Waals surface area contributed by atoms with E-state index >= 15 is 0 Å². The molecule has 2 aromatic rings. The average Bonchev–Trinajstić information content (AvgIpc) is 2.60. The molecule has 1 aromatic carbocycles. The van der Waals surface area contributed by atoms with Gasteiger partial charge in [-0.25, -0.2) is 4.98 Å². The van der Waals surface area contributed by atoms with Gasteiger partial charge in [-0.15, -0.1) is 0 Å². The van der Waals surface area contributed by atoms with Crippen molar-refractivity contribution in [3.05, 3.63) is 57.8 Å². The van der Waals surface area contributed by atoms with Crippen LogP contribution in [0.4, 0.5) is 5.69 Å². The molecule has 5 nitrogen and oxygen atoms in total. The van der Waals surface area contributed by atoms with Crippen LogP contribution in [0.2, 0.25) is 10.3 Å². The molecule has 1 fully saturated rings. The van der Waals surface area contributed by atoms with Crippen LogP contribution in [0.15, 0.2) is 36.4 Å². The van der Waals surface area contributed by atoms with Crippen LogP contribution in [0, 0.1) is 11.3 Å². The minimum absolute atomic E-state index is 0.116. The molecule has 0 saturated carbocycles. The van der Waals surface area contributed by atoms with Gasteiger partial charge in [0.1, 0.15) is 16.4 Å². The minimum Gasteiger partial charge on any atom is -0.367 e. The molecule has 1 aromatic heterocycles. The maximum Gasteiger partial charge on any atom is 0.254 e. The van der Waals surface area contributed by atoms with Crippen molar-refractivity contribution in [2.75, 3.05) is 31.1 Å². The summed E-state index contributed by atoms with van der Waals surface area (Å²) in [6.45, 7) is 2.46. The zero-order valence-corrected chi connectivity index (χ0v) is 14.3. The molecule has 2 heterocycles. The molecule has 1 saturated heterocycles. The fraction of sp³-hybridized carbons (Fsp3) is 0.235. The Morgan fingerprint density at radius 3 is 2.33 bits per heavy atom. The highest BCUT2D eigenvalue weighted by Gasteiger charge is 2.24. The van der Waals surface area contributed by atoms with Gasteiger partial charge in [-0.1, -0.05) is 35.3 Å². The lowest BCUT2D eigenvalue weighted by atomic mass is 10.1. The summed E-state index contributed by atoms with van der Waals surface area (Å²) >= 11 is 11.7. The van der Waals surface area contributed by atoms with E-state index < -0.39 is 0 Å². The fourth-order valence-electron chi connectivity index (χ4n) is 2.77. The van der Waals surface area contributed by atoms with E-state index in [4.69, 9.17) is 23.2 Å². The predicted octanol–water partition coefficient (Wildman–Crippen LogP) is 3.22. The monoisotopic (exact) mass is 360 g/mol. The molecule has 3 rings (SSSR count). The van der Waals surface area contributed by atoms with Crippen LogP contribution >= 0.6 is 23.2 Å². The number of rotatable bonds is 2. The molecule has 1 amide bonds. The summed E-state index contributed by atoms with van der Waals surface area (Å²) in [5.41, 5.74) is 1.98. The van der Waals surface area contributed by atoms with Crippen LogP contribution < -0.4 is 4.90 Å². The first-order valence-corrected chi connectivity index (χ1v) is 8.20. The van der Waals surface area contributed by atoms with Crippen LogP contribution in [0.1, 0.15) is 15.9 Å². The van der Waals surface area contributed by atoms with Gasteiger partial charge in [-0.2, -0.15) is 5.26 Å². The topological polar surface area (TPSA) is 60.2 Å². The normalized spacial score (nSPS) is 14.4. The van der Waals surface area contributed by atoms with E-state index in [0.717, 1.165) is 5.69 Å². The summed E-state index contributed by atoms with van der Waals surface area (Å²) < 4.78 is 0. The molecule has 0 atom stereocenters. The number of para-hydroxylation sites is 1. The van der Waals surface area contributed by atoms with Gasteiger partial charge >= 0.3 is 0 Å². The molecule has 122 valence electrons. The first kappa shape index (κ1) is 16.6. The first-order valence-electron chi connectivity index (χ1n) is 7.45. The quantitative estimate of drug-likeness (QED) is 0.771. The van der Waals surface area contributed by atoms with Gasteiger partial charge in [0.15, 0.2) is 0 Å². The van der Waals surface area contributed by atoms with Gasteiger partial charge < -0.3 is 9.80 Å². The molecule has 0 bridgehead atoms. The van der Waals surface area contributed by atoms with Crippen molar-refractivity contribution >= 4 is 34.8 Å². The maximum atomic E-state index is 12.6. The van der Waals surface area contributed by atoms with E-state index in [9.17, 15) is 10.1 Å². The molecule has 0 spiro atoms. The van der Waals surface area contributed by atoms with Gasteiger partial charge in [0.2, 0.25) is 0 Å². The van der Waals surface area contributed by atoms with E-state index in [1.807, 2.05) is 18.2 Å². The second-order valence-corrected chi connectivity index (χ2v) is 6.18. The molecular formula is C17H14Cl2N4O. The highest BCUT2D eigenvalue weighted by atomic mass is 35.5. The van der Waals surface area contributed by atoms with Crippen molar-refractivity contribution < 1.29 is 4.79 Å². The van der Waals surface area contributed by atoms with Crippen LogP contribution in [0.5, 0.6) is 0 Å². The highest BCUT2D eigenvalue weighted by Crippen LogP contribution is 2.22. The molecule has 0 aliphatic carbocycles. The fourth-order valence-corrected chi connectivity index (χ4v) is 3.23. The lowest BCUT2D eigenvalue weighted by Crippen LogP contribution is -2.49. The Kier molecular flexibility index (Phi) is 4.89. The second-order valence-electron chi connectivity index (χ2n) is 5.41. The van der Waals surface area contributed by atoms with Gasteiger partial charge in [0, 0.05) is 31.7 Å². The number of hydrogen-bond acceptors (Lipinski definition) is 4. The van der Waals surface area contributed by atoms with Crippen molar-refractivity contribution in [2.45, 2.75) is 0 Å². The van der Waals surface area contributed by atoms with E-state index in [0.29, 0.717) is 37.3 Å². The summed E-state index contributed by atoms with van der Waals surface area (Å²) in [6.07, 6.45) is 0. The number of pyridine rings is 1. The Hall–Kier alpha value is -2.29. The first-order chi connectivity index (χ1) is 11.6. The van der Waals surface area contributed by atoms with Crippen molar-refractivity contribution in [3.8, 4) is 6.07 Å². The lowest BCUT2D eigenvalue weighted by Gasteiger charge is -2.36. The van der Waals surface area contributed by atoms with E-state index in [-0.39, 0.29) is 16.2 Å². The number of aromatic nitrogens is 1. The molecule has 1 aliphatic heterocycles. The van der Waals surface area contributed by atoms with Gasteiger partial charge in [-0.05, 0) is 24.3 Å². The summed E-state index contributed by atoms with van der Waals surface area (Å²) in [5, 5.41) is 9.62. The number of hydrogen-bond donors (Lipinski definition) is 0.